The standard InChI is InChI=1S/C15H24O4/c1-4-17-10-12(3)19-11-14(16)13-8-6-7-9-15(13)18-5-2/h6-9,12,14,16H,4-5,10-11H2,1-3H3. The molecule has 0 aliphatic heterocycles. The van der Waals surface area contributed by atoms with Crippen molar-refractivity contribution in [3.63, 3.8) is 0 Å². The fourth-order valence-electron chi connectivity index (χ4n) is 1.72. The summed E-state index contributed by atoms with van der Waals surface area (Å²) < 4.78 is 16.3. The molecule has 0 radical (unpaired) electrons. The van der Waals surface area contributed by atoms with Gasteiger partial charge in [-0.1, -0.05) is 18.2 Å². The summed E-state index contributed by atoms with van der Waals surface area (Å²) in [4.78, 5) is 0. The van der Waals surface area contributed by atoms with Crippen molar-refractivity contribution in [2.75, 3.05) is 26.4 Å². The van der Waals surface area contributed by atoms with E-state index in [9.17, 15) is 5.11 Å². The molecule has 0 aliphatic rings. The summed E-state index contributed by atoms with van der Waals surface area (Å²) in [5.41, 5.74) is 0.757. The first-order valence-corrected chi connectivity index (χ1v) is 6.78. The lowest BCUT2D eigenvalue weighted by atomic mass is 10.1. The summed E-state index contributed by atoms with van der Waals surface area (Å²) >= 11 is 0. The molecule has 0 fully saturated rings. The molecule has 108 valence electrons. The molecule has 1 rings (SSSR count). The zero-order valence-corrected chi connectivity index (χ0v) is 12.0. The Hall–Kier alpha value is -1.10. The van der Waals surface area contributed by atoms with Crippen molar-refractivity contribution < 1.29 is 19.3 Å². The van der Waals surface area contributed by atoms with E-state index >= 15 is 0 Å². The largest absolute Gasteiger partial charge is 0.493 e. The molecule has 0 saturated heterocycles. The maximum absolute atomic E-state index is 10.2. The van der Waals surface area contributed by atoms with Crippen LogP contribution in [0.5, 0.6) is 5.75 Å². The lowest BCUT2D eigenvalue weighted by Crippen LogP contribution is -2.20. The minimum absolute atomic E-state index is 0.0335. The number of benzene rings is 1. The van der Waals surface area contributed by atoms with E-state index in [1.165, 1.54) is 0 Å². The number of rotatable bonds is 9. The molecule has 0 aliphatic carbocycles. The molecule has 0 heterocycles. The quantitative estimate of drug-likeness (QED) is 0.747. The SMILES string of the molecule is CCOCC(C)OCC(O)c1ccccc1OCC. The van der Waals surface area contributed by atoms with E-state index in [1.807, 2.05) is 45.0 Å². The summed E-state index contributed by atoms with van der Waals surface area (Å²) in [5, 5.41) is 10.2. The molecule has 0 saturated carbocycles. The summed E-state index contributed by atoms with van der Waals surface area (Å²) in [7, 11) is 0. The third-order valence-corrected chi connectivity index (χ3v) is 2.67. The topological polar surface area (TPSA) is 47.9 Å². The second kappa shape index (κ2) is 8.91. The zero-order valence-electron chi connectivity index (χ0n) is 12.0. The molecule has 0 spiro atoms. The third-order valence-electron chi connectivity index (χ3n) is 2.67. The number of para-hydroxylation sites is 1. The molecule has 2 atom stereocenters. The van der Waals surface area contributed by atoms with E-state index in [4.69, 9.17) is 14.2 Å². The van der Waals surface area contributed by atoms with Crippen LogP contribution in [0.2, 0.25) is 0 Å². The van der Waals surface area contributed by atoms with Gasteiger partial charge in [0.15, 0.2) is 0 Å². The predicted molar refractivity (Wildman–Crippen MR) is 74.5 cm³/mol. The molecule has 2 unspecified atom stereocenters. The highest BCUT2D eigenvalue weighted by Gasteiger charge is 2.14. The van der Waals surface area contributed by atoms with Gasteiger partial charge in [-0.2, -0.15) is 0 Å². The van der Waals surface area contributed by atoms with Gasteiger partial charge in [-0.3, -0.25) is 0 Å². The van der Waals surface area contributed by atoms with Crippen molar-refractivity contribution in [1.82, 2.24) is 0 Å². The monoisotopic (exact) mass is 268 g/mol. The van der Waals surface area contributed by atoms with Crippen molar-refractivity contribution in [3.8, 4) is 5.75 Å². The van der Waals surface area contributed by atoms with Crippen molar-refractivity contribution in [3.05, 3.63) is 29.8 Å². The van der Waals surface area contributed by atoms with Crippen molar-refractivity contribution >= 4 is 0 Å². The van der Waals surface area contributed by atoms with Crippen LogP contribution in [0.25, 0.3) is 0 Å². The van der Waals surface area contributed by atoms with Gasteiger partial charge < -0.3 is 19.3 Å². The Morgan fingerprint density at radius 1 is 1.11 bits per heavy atom. The van der Waals surface area contributed by atoms with E-state index in [2.05, 4.69) is 0 Å². The lowest BCUT2D eigenvalue weighted by Gasteiger charge is -2.18. The van der Waals surface area contributed by atoms with Crippen molar-refractivity contribution in [2.45, 2.75) is 33.0 Å². The van der Waals surface area contributed by atoms with Gasteiger partial charge in [-0.05, 0) is 26.8 Å². The van der Waals surface area contributed by atoms with E-state index < -0.39 is 6.10 Å². The van der Waals surface area contributed by atoms with Crippen LogP contribution in [-0.4, -0.2) is 37.6 Å². The second-order valence-electron chi connectivity index (χ2n) is 4.29. The minimum atomic E-state index is -0.688. The number of hydrogen-bond acceptors (Lipinski definition) is 4. The molecule has 4 nitrogen and oxygen atoms in total. The Kier molecular flexibility index (Phi) is 7.48. The fourth-order valence-corrected chi connectivity index (χ4v) is 1.72. The lowest BCUT2D eigenvalue weighted by molar-refractivity contribution is -0.0399. The highest BCUT2D eigenvalue weighted by atomic mass is 16.5. The van der Waals surface area contributed by atoms with Gasteiger partial charge in [0.25, 0.3) is 0 Å². The van der Waals surface area contributed by atoms with Gasteiger partial charge in [0.1, 0.15) is 11.9 Å². The molecular formula is C15H24O4. The number of aliphatic hydroxyl groups is 1. The fraction of sp³-hybridized carbons (Fsp3) is 0.600. The molecular weight excluding hydrogens is 244 g/mol. The maximum atomic E-state index is 10.2. The van der Waals surface area contributed by atoms with Crippen LogP contribution in [0.1, 0.15) is 32.4 Å². The van der Waals surface area contributed by atoms with Crippen LogP contribution in [0.15, 0.2) is 24.3 Å². The average molecular weight is 268 g/mol. The Balaban J connectivity index is 2.50. The van der Waals surface area contributed by atoms with Gasteiger partial charge in [0.2, 0.25) is 0 Å². The molecule has 1 aromatic rings. The second-order valence-corrected chi connectivity index (χ2v) is 4.29. The first-order valence-electron chi connectivity index (χ1n) is 6.78. The van der Waals surface area contributed by atoms with Gasteiger partial charge in [0.05, 0.1) is 25.9 Å². The summed E-state index contributed by atoms with van der Waals surface area (Å²) in [5.74, 6) is 0.707. The maximum Gasteiger partial charge on any atom is 0.125 e. The van der Waals surface area contributed by atoms with Crippen LogP contribution in [0.3, 0.4) is 0 Å². The average Bonchev–Trinajstić information content (AvgIpc) is 2.43. The van der Waals surface area contributed by atoms with Crippen molar-refractivity contribution in [1.29, 1.82) is 0 Å². The van der Waals surface area contributed by atoms with Gasteiger partial charge in [-0.25, -0.2) is 0 Å². The minimum Gasteiger partial charge on any atom is -0.493 e. The number of ether oxygens (including phenoxy) is 3. The Labute approximate surface area is 115 Å². The van der Waals surface area contributed by atoms with Crippen LogP contribution in [0.4, 0.5) is 0 Å². The summed E-state index contributed by atoms with van der Waals surface area (Å²) in [6.07, 6.45) is -0.722. The van der Waals surface area contributed by atoms with Crippen LogP contribution in [0, 0.1) is 0 Å². The normalized spacial score (nSPS) is 14.1. The molecule has 4 heteroatoms. The van der Waals surface area contributed by atoms with E-state index in [-0.39, 0.29) is 12.7 Å². The van der Waals surface area contributed by atoms with Gasteiger partial charge in [-0.15, -0.1) is 0 Å². The Morgan fingerprint density at radius 2 is 1.84 bits per heavy atom. The first kappa shape index (κ1) is 16.0. The van der Waals surface area contributed by atoms with Crippen LogP contribution < -0.4 is 4.74 Å². The Bertz CT molecular complexity index is 354. The zero-order chi connectivity index (χ0) is 14.1. The Morgan fingerprint density at radius 3 is 2.53 bits per heavy atom. The molecule has 1 aromatic carbocycles. The molecule has 19 heavy (non-hydrogen) atoms. The summed E-state index contributed by atoms with van der Waals surface area (Å²) in [6, 6.07) is 7.47. The van der Waals surface area contributed by atoms with Crippen LogP contribution >= 0.6 is 0 Å². The number of hydrogen-bond donors (Lipinski definition) is 1. The van der Waals surface area contributed by atoms with Crippen LogP contribution in [-0.2, 0) is 9.47 Å². The van der Waals surface area contributed by atoms with Crippen molar-refractivity contribution in [2.24, 2.45) is 0 Å². The molecule has 0 amide bonds. The highest BCUT2D eigenvalue weighted by Crippen LogP contribution is 2.25. The number of aliphatic hydroxyl groups excluding tert-OH is 1. The van der Waals surface area contributed by atoms with E-state index in [0.717, 1.165) is 5.56 Å². The highest BCUT2D eigenvalue weighted by molar-refractivity contribution is 5.35. The predicted octanol–water partition coefficient (Wildman–Crippen LogP) is 2.56. The summed E-state index contributed by atoms with van der Waals surface area (Å²) in [6.45, 7) is 7.81. The smallest absolute Gasteiger partial charge is 0.125 e. The van der Waals surface area contributed by atoms with Gasteiger partial charge >= 0.3 is 0 Å². The van der Waals surface area contributed by atoms with Gasteiger partial charge in [0, 0.05) is 12.2 Å². The first-order chi connectivity index (χ1) is 9.19. The third kappa shape index (κ3) is 5.59. The molecule has 0 bridgehead atoms. The van der Waals surface area contributed by atoms with E-state index in [1.54, 1.807) is 0 Å². The molecule has 1 N–H and O–H groups in total. The molecule has 0 aromatic heterocycles. The van der Waals surface area contributed by atoms with E-state index in [0.29, 0.717) is 25.6 Å².